The number of amides is 1. The smallest absolute Gasteiger partial charge is 0.276 e. The third-order valence-corrected chi connectivity index (χ3v) is 4.09. The zero-order chi connectivity index (χ0) is 12.9. The van der Waals surface area contributed by atoms with Gasteiger partial charge in [-0.1, -0.05) is 6.42 Å². The summed E-state index contributed by atoms with van der Waals surface area (Å²) in [6, 6.07) is 1.59. The van der Waals surface area contributed by atoms with Crippen molar-refractivity contribution in [3.63, 3.8) is 0 Å². The number of fused-ring (bicyclic) bond motifs is 2. The van der Waals surface area contributed by atoms with Crippen LogP contribution in [0.15, 0.2) is 10.9 Å². The van der Waals surface area contributed by atoms with E-state index in [9.17, 15) is 9.59 Å². The van der Waals surface area contributed by atoms with Crippen molar-refractivity contribution in [2.45, 2.75) is 44.7 Å². The first-order valence-corrected chi connectivity index (χ1v) is 6.40. The number of rotatable bonds is 0. The van der Waals surface area contributed by atoms with Crippen LogP contribution in [0.1, 0.15) is 48.2 Å². The highest BCUT2D eigenvalue weighted by Crippen LogP contribution is 2.37. The fraction of sp³-hybridized carbons (Fsp3) is 0.538. The van der Waals surface area contributed by atoms with Crippen LogP contribution in [-0.4, -0.2) is 10.5 Å². The largest absolute Gasteiger partial charge is 0.394 e. The van der Waals surface area contributed by atoms with Gasteiger partial charge >= 0.3 is 0 Å². The lowest BCUT2D eigenvalue weighted by atomic mass is 9.89. The van der Waals surface area contributed by atoms with Crippen LogP contribution in [0.4, 0.5) is 5.69 Å². The Morgan fingerprint density at radius 2 is 1.94 bits per heavy atom. The summed E-state index contributed by atoms with van der Waals surface area (Å²) in [4.78, 5) is 24.4. The maximum atomic E-state index is 12.3. The number of hydrogen-bond acceptors (Lipinski definition) is 3. The van der Waals surface area contributed by atoms with Gasteiger partial charge in [-0.15, -0.1) is 0 Å². The van der Waals surface area contributed by atoms with Crippen LogP contribution >= 0.6 is 0 Å². The van der Waals surface area contributed by atoms with Crippen molar-refractivity contribution in [3.8, 4) is 0 Å². The minimum Gasteiger partial charge on any atom is -0.394 e. The number of aromatic nitrogens is 1. The molecule has 1 saturated carbocycles. The Balaban J connectivity index is 2.29. The van der Waals surface area contributed by atoms with Crippen LogP contribution in [0.25, 0.3) is 0 Å². The summed E-state index contributed by atoms with van der Waals surface area (Å²) in [7, 11) is 0. The molecule has 1 aromatic heterocycles. The molecule has 0 saturated heterocycles. The van der Waals surface area contributed by atoms with Crippen LogP contribution in [0.3, 0.4) is 0 Å². The predicted octanol–water partition coefficient (Wildman–Crippen LogP) is 1.10. The normalized spacial score (nSPS) is 20.8. The lowest BCUT2D eigenvalue weighted by molar-refractivity contribution is 0.0876. The third-order valence-electron chi connectivity index (χ3n) is 4.09. The zero-order valence-corrected chi connectivity index (χ0v) is 10.5. The van der Waals surface area contributed by atoms with E-state index in [2.05, 4.69) is 5.32 Å². The number of hydrogen-bond donors (Lipinski definition) is 2. The van der Waals surface area contributed by atoms with Crippen LogP contribution in [0, 0.1) is 6.92 Å². The fourth-order valence-electron chi connectivity index (χ4n) is 3.27. The van der Waals surface area contributed by atoms with Crippen LogP contribution in [0.5, 0.6) is 0 Å². The Morgan fingerprint density at radius 3 is 2.61 bits per heavy atom. The maximum absolute atomic E-state index is 12.3. The van der Waals surface area contributed by atoms with E-state index in [1.54, 1.807) is 10.6 Å². The molecule has 3 rings (SSSR count). The van der Waals surface area contributed by atoms with Gasteiger partial charge in [0.2, 0.25) is 0 Å². The molecule has 1 aliphatic heterocycles. The SMILES string of the molecule is Cc1cc(N)c(=O)n2c1C(=O)NC21CCCCC1. The van der Waals surface area contributed by atoms with Crippen molar-refractivity contribution >= 4 is 11.6 Å². The average molecular weight is 247 g/mol. The van der Waals surface area contributed by atoms with E-state index in [-0.39, 0.29) is 17.2 Å². The van der Waals surface area contributed by atoms with Crippen molar-refractivity contribution < 1.29 is 4.79 Å². The van der Waals surface area contributed by atoms with Crippen molar-refractivity contribution in [1.29, 1.82) is 0 Å². The molecule has 0 aromatic carbocycles. The highest BCUT2D eigenvalue weighted by atomic mass is 16.2. The molecule has 2 aliphatic rings. The maximum Gasteiger partial charge on any atom is 0.276 e. The molecule has 2 heterocycles. The van der Waals surface area contributed by atoms with Crippen LogP contribution < -0.4 is 16.6 Å². The van der Waals surface area contributed by atoms with E-state index in [0.717, 1.165) is 37.7 Å². The first kappa shape index (κ1) is 11.3. The number of carbonyl (C=O) groups is 1. The molecule has 1 aromatic rings. The lowest BCUT2D eigenvalue weighted by Crippen LogP contribution is -2.48. The van der Waals surface area contributed by atoms with Gasteiger partial charge in [0.05, 0.1) is 5.69 Å². The summed E-state index contributed by atoms with van der Waals surface area (Å²) in [6.07, 6.45) is 4.84. The Bertz CT molecular complexity index is 583. The Morgan fingerprint density at radius 1 is 1.28 bits per heavy atom. The van der Waals surface area contributed by atoms with E-state index < -0.39 is 5.66 Å². The van der Waals surface area contributed by atoms with E-state index >= 15 is 0 Å². The molecule has 1 fully saturated rings. The van der Waals surface area contributed by atoms with E-state index in [1.807, 2.05) is 6.92 Å². The van der Waals surface area contributed by atoms with E-state index in [4.69, 9.17) is 5.73 Å². The summed E-state index contributed by atoms with van der Waals surface area (Å²) in [6.45, 7) is 1.82. The lowest BCUT2D eigenvalue weighted by Gasteiger charge is -2.35. The molecule has 18 heavy (non-hydrogen) atoms. The molecule has 0 unspecified atom stereocenters. The second-order valence-corrected chi connectivity index (χ2v) is 5.32. The summed E-state index contributed by atoms with van der Waals surface area (Å²) >= 11 is 0. The number of nitrogens with one attached hydrogen (secondary N) is 1. The third kappa shape index (κ3) is 1.33. The second kappa shape index (κ2) is 3.60. The van der Waals surface area contributed by atoms with Gasteiger partial charge in [-0.25, -0.2) is 0 Å². The minimum atomic E-state index is -0.526. The molecule has 96 valence electrons. The average Bonchev–Trinajstić information content (AvgIpc) is 2.60. The number of anilines is 1. The fourth-order valence-corrected chi connectivity index (χ4v) is 3.27. The molecule has 0 atom stereocenters. The quantitative estimate of drug-likeness (QED) is 0.720. The molecule has 1 amide bonds. The molecule has 5 nitrogen and oxygen atoms in total. The molecule has 0 radical (unpaired) electrons. The Kier molecular flexibility index (Phi) is 2.27. The van der Waals surface area contributed by atoms with Gasteiger partial charge in [0.1, 0.15) is 11.4 Å². The van der Waals surface area contributed by atoms with Crippen LogP contribution in [-0.2, 0) is 5.66 Å². The molecule has 3 N–H and O–H groups in total. The number of aryl methyl sites for hydroxylation is 1. The number of nitrogens with two attached hydrogens (primary N) is 1. The van der Waals surface area contributed by atoms with Gasteiger partial charge in [-0.2, -0.15) is 0 Å². The van der Waals surface area contributed by atoms with Crippen molar-refractivity contribution in [1.82, 2.24) is 9.88 Å². The highest BCUT2D eigenvalue weighted by Gasteiger charge is 2.44. The number of pyridine rings is 1. The molecular formula is C13H17N3O2. The summed E-state index contributed by atoms with van der Waals surface area (Å²) in [5.74, 6) is -0.147. The minimum absolute atomic E-state index is 0.147. The van der Waals surface area contributed by atoms with E-state index in [0.29, 0.717) is 5.69 Å². The first-order chi connectivity index (χ1) is 8.55. The zero-order valence-electron chi connectivity index (χ0n) is 10.5. The van der Waals surface area contributed by atoms with Gasteiger partial charge < -0.3 is 11.1 Å². The summed E-state index contributed by atoms with van der Waals surface area (Å²) in [5.41, 5.74) is 6.46. The number of carbonyl (C=O) groups excluding carboxylic acids is 1. The second-order valence-electron chi connectivity index (χ2n) is 5.32. The van der Waals surface area contributed by atoms with Crippen molar-refractivity contribution in [2.75, 3.05) is 5.73 Å². The van der Waals surface area contributed by atoms with Gasteiger partial charge in [0.15, 0.2) is 0 Å². The molecule has 1 spiro atoms. The molecule has 5 heteroatoms. The van der Waals surface area contributed by atoms with Gasteiger partial charge in [-0.3, -0.25) is 14.2 Å². The van der Waals surface area contributed by atoms with Crippen molar-refractivity contribution in [3.05, 3.63) is 27.7 Å². The molecule has 1 aliphatic carbocycles. The predicted molar refractivity (Wildman–Crippen MR) is 68.4 cm³/mol. The van der Waals surface area contributed by atoms with E-state index in [1.165, 1.54) is 0 Å². The number of nitrogens with zero attached hydrogens (tertiary/aromatic N) is 1. The summed E-state index contributed by atoms with van der Waals surface area (Å²) < 4.78 is 1.61. The van der Waals surface area contributed by atoms with Crippen LogP contribution in [0.2, 0.25) is 0 Å². The van der Waals surface area contributed by atoms with Gasteiger partial charge in [0.25, 0.3) is 11.5 Å². The summed E-state index contributed by atoms with van der Waals surface area (Å²) in [5, 5.41) is 3.01. The molecular weight excluding hydrogens is 230 g/mol. The van der Waals surface area contributed by atoms with Gasteiger partial charge in [0, 0.05) is 0 Å². The number of nitrogen functional groups attached to an aromatic ring is 1. The monoisotopic (exact) mass is 247 g/mol. The molecule has 0 bridgehead atoms. The standard InChI is InChI=1S/C13H17N3O2/c1-8-7-9(14)12(18)16-10(8)11(17)15-13(16)5-3-2-4-6-13/h7H,2-6,14H2,1H3,(H,15,17). The Labute approximate surface area is 105 Å². The Hall–Kier alpha value is -1.78. The van der Waals surface area contributed by atoms with Crippen molar-refractivity contribution in [2.24, 2.45) is 0 Å². The van der Waals surface area contributed by atoms with Gasteiger partial charge in [-0.05, 0) is 44.2 Å². The first-order valence-electron chi connectivity index (χ1n) is 6.40. The highest BCUT2D eigenvalue weighted by molar-refractivity contribution is 5.96. The topological polar surface area (TPSA) is 77.1 Å².